The summed E-state index contributed by atoms with van der Waals surface area (Å²) in [7, 11) is 0. The van der Waals surface area contributed by atoms with E-state index in [9.17, 15) is 9.18 Å². The van der Waals surface area contributed by atoms with Gasteiger partial charge in [-0.1, -0.05) is 15.9 Å². The summed E-state index contributed by atoms with van der Waals surface area (Å²) in [5, 5.41) is 0. The molecule has 0 atom stereocenters. The molecule has 5 nitrogen and oxygen atoms in total. The molecule has 1 amide bonds. The van der Waals surface area contributed by atoms with Crippen LogP contribution in [0.25, 0.3) is 0 Å². The molecule has 0 aliphatic carbocycles. The Bertz CT molecular complexity index is 750. The molecular formula is C19H22BrFN4O. The van der Waals surface area contributed by atoms with E-state index >= 15 is 0 Å². The van der Waals surface area contributed by atoms with Crippen molar-refractivity contribution >= 4 is 27.8 Å². The van der Waals surface area contributed by atoms with Crippen LogP contribution in [0.3, 0.4) is 0 Å². The Morgan fingerprint density at radius 2 is 2.00 bits per heavy atom. The highest BCUT2D eigenvalue weighted by molar-refractivity contribution is 9.10. The Hall–Kier alpha value is -2.02. The van der Waals surface area contributed by atoms with Gasteiger partial charge < -0.3 is 9.80 Å². The van der Waals surface area contributed by atoms with Crippen LogP contribution >= 0.6 is 15.9 Å². The minimum absolute atomic E-state index is 0.0369. The molecule has 3 rings (SSSR count). The van der Waals surface area contributed by atoms with Crippen molar-refractivity contribution in [3.8, 4) is 0 Å². The van der Waals surface area contributed by atoms with E-state index in [1.165, 1.54) is 6.07 Å². The molecule has 0 radical (unpaired) electrons. The highest BCUT2D eigenvalue weighted by Gasteiger charge is 2.29. The molecule has 1 fully saturated rings. The quantitative estimate of drug-likeness (QED) is 0.740. The van der Waals surface area contributed by atoms with Crippen molar-refractivity contribution in [2.75, 3.05) is 24.5 Å². The lowest BCUT2D eigenvalue weighted by molar-refractivity contribution is -0.136. The zero-order chi connectivity index (χ0) is 18.5. The highest BCUT2D eigenvalue weighted by atomic mass is 79.9. The number of carbonyl (C=O) groups excluding carboxylic acids is 1. The molecule has 1 aromatic carbocycles. The Balaban J connectivity index is 1.62. The van der Waals surface area contributed by atoms with E-state index in [2.05, 4.69) is 30.8 Å². The first-order valence-corrected chi connectivity index (χ1v) is 9.62. The molecule has 0 spiro atoms. The van der Waals surface area contributed by atoms with E-state index in [0.717, 1.165) is 30.4 Å². The minimum atomic E-state index is -0.282. The van der Waals surface area contributed by atoms with Gasteiger partial charge in [0.1, 0.15) is 5.82 Å². The summed E-state index contributed by atoms with van der Waals surface area (Å²) < 4.78 is 14.8. The van der Waals surface area contributed by atoms with Crippen LogP contribution in [-0.4, -0.2) is 40.4 Å². The van der Waals surface area contributed by atoms with Crippen LogP contribution in [-0.2, 0) is 11.3 Å². The number of benzene rings is 1. The van der Waals surface area contributed by atoms with Gasteiger partial charge in [0, 0.05) is 54.5 Å². The van der Waals surface area contributed by atoms with Gasteiger partial charge in [0.05, 0.1) is 0 Å². The fourth-order valence-electron chi connectivity index (χ4n) is 3.25. The van der Waals surface area contributed by atoms with Crippen molar-refractivity contribution < 1.29 is 9.18 Å². The van der Waals surface area contributed by atoms with E-state index < -0.39 is 0 Å². The first-order valence-electron chi connectivity index (χ1n) is 8.83. The topological polar surface area (TPSA) is 49.3 Å². The van der Waals surface area contributed by atoms with Crippen LogP contribution < -0.4 is 4.90 Å². The zero-order valence-corrected chi connectivity index (χ0v) is 16.3. The number of hydrogen-bond donors (Lipinski definition) is 0. The third-order valence-corrected chi connectivity index (χ3v) is 5.23. The normalized spacial score (nSPS) is 15.1. The summed E-state index contributed by atoms with van der Waals surface area (Å²) in [6.45, 7) is 4.29. The number of hydrogen-bond acceptors (Lipinski definition) is 4. The smallest absolute Gasteiger partial charge is 0.226 e. The van der Waals surface area contributed by atoms with Crippen molar-refractivity contribution in [3.63, 3.8) is 0 Å². The van der Waals surface area contributed by atoms with Crippen LogP contribution in [0.2, 0.25) is 0 Å². The molecule has 1 aliphatic rings. The van der Waals surface area contributed by atoms with E-state index in [0.29, 0.717) is 24.6 Å². The molecule has 26 heavy (non-hydrogen) atoms. The van der Waals surface area contributed by atoms with Crippen LogP contribution in [0.4, 0.5) is 10.3 Å². The van der Waals surface area contributed by atoms with Crippen molar-refractivity contribution in [2.24, 2.45) is 5.92 Å². The Labute approximate surface area is 161 Å². The number of piperidine rings is 1. The maximum Gasteiger partial charge on any atom is 0.226 e. The molecule has 138 valence electrons. The summed E-state index contributed by atoms with van der Waals surface area (Å²) in [4.78, 5) is 25.3. The Morgan fingerprint density at radius 3 is 2.65 bits per heavy atom. The first kappa shape index (κ1) is 18.8. The maximum absolute atomic E-state index is 14.0. The largest absolute Gasteiger partial charge is 0.341 e. The lowest BCUT2D eigenvalue weighted by Crippen LogP contribution is -2.42. The predicted octanol–water partition coefficient (Wildman–Crippen LogP) is 3.64. The van der Waals surface area contributed by atoms with E-state index in [1.807, 2.05) is 6.92 Å². The highest BCUT2D eigenvalue weighted by Crippen LogP contribution is 2.24. The molecule has 0 saturated carbocycles. The second-order valence-electron chi connectivity index (χ2n) is 6.40. The summed E-state index contributed by atoms with van der Waals surface area (Å²) in [5.41, 5.74) is 0.532. The number of halogens is 2. The zero-order valence-electron chi connectivity index (χ0n) is 14.7. The minimum Gasteiger partial charge on any atom is -0.341 e. The summed E-state index contributed by atoms with van der Waals surface area (Å²) in [5.74, 6) is 0.489. The lowest BCUT2D eigenvalue weighted by Gasteiger charge is -2.34. The van der Waals surface area contributed by atoms with E-state index in [1.54, 1.807) is 35.5 Å². The van der Waals surface area contributed by atoms with Crippen molar-refractivity contribution in [1.82, 2.24) is 14.9 Å². The number of carbonyl (C=O) groups is 1. The molecule has 1 aliphatic heterocycles. The standard InChI is InChI=1S/C19H22BrFN4O/c1-2-24(13-15-12-16(20)4-5-17(15)21)18(26)14-6-10-25(11-7-14)19-22-8-3-9-23-19/h3-5,8-9,12,14H,2,6-7,10-11,13H2,1H3. The van der Waals surface area contributed by atoms with Gasteiger partial charge in [-0.15, -0.1) is 0 Å². The molecule has 1 saturated heterocycles. The first-order chi connectivity index (χ1) is 12.6. The molecule has 0 N–H and O–H groups in total. The number of aromatic nitrogens is 2. The molecule has 0 bridgehead atoms. The fourth-order valence-corrected chi connectivity index (χ4v) is 3.66. The van der Waals surface area contributed by atoms with Crippen LogP contribution in [0.5, 0.6) is 0 Å². The van der Waals surface area contributed by atoms with Crippen molar-refractivity contribution in [1.29, 1.82) is 0 Å². The SMILES string of the molecule is CCN(Cc1cc(Br)ccc1F)C(=O)C1CCN(c2ncccn2)CC1. The molecule has 0 unspecified atom stereocenters. The van der Waals surface area contributed by atoms with Gasteiger partial charge in [-0.3, -0.25) is 4.79 Å². The molecule has 2 heterocycles. The fraction of sp³-hybridized carbons (Fsp3) is 0.421. The van der Waals surface area contributed by atoms with Crippen LogP contribution in [0.15, 0.2) is 41.1 Å². The van der Waals surface area contributed by atoms with Gasteiger partial charge in [0.15, 0.2) is 0 Å². The third-order valence-electron chi connectivity index (χ3n) is 4.74. The number of nitrogens with zero attached hydrogens (tertiary/aromatic N) is 4. The van der Waals surface area contributed by atoms with Crippen molar-refractivity contribution in [2.45, 2.75) is 26.3 Å². The Morgan fingerprint density at radius 1 is 1.31 bits per heavy atom. The molecule has 1 aromatic heterocycles. The molecule has 2 aromatic rings. The van der Waals surface area contributed by atoms with Gasteiger partial charge in [-0.05, 0) is 44.0 Å². The average molecular weight is 421 g/mol. The van der Waals surface area contributed by atoms with Gasteiger partial charge in [-0.25, -0.2) is 14.4 Å². The van der Waals surface area contributed by atoms with E-state index in [4.69, 9.17) is 0 Å². The second kappa shape index (κ2) is 8.58. The van der Waals surface area contributed by atoms with Crippen molar-refractivity contribution in [3.05, 3.63) is 52.5 Å². The number of anilines is 1. The lowest BCUT2D eigenvalue weighted by atomic mass is 9.95. The van der Waals surface area contributed by atoms with Crippen LogP contribution in [0.1, 0.15) is 25.3 Å². The monoisotopic (exact) mass is 420 g/mol. The summed E-state index contributed by atoms with van der Waals surface area (Å²) in [6, 6.07) is 6.62. The molecular weight excluding hydrogens is 399 g/mol. The second-order valence-corrected chi connectivity index (χ2v) is 7.31. The maximum atomic E-state index is 14.0. The Kier molecular flexibility index (Phi) is 6.19. The summed E-state index contributed by atoms with van der Waals surface area (Å²) in [6.07, 6.45) is 4.97. The third kappa shape index (κ3) is 4.38. The van der Waals surface area contributed by atoms with Gasteiger partial charge in [-0.2, -0.15) is 0 Å². The number of rotatable bonds is 5. The predicted molar refractivity (Wildman–Crippen MR) is 102 cm³/mol. The van der Waals surface area contributed by atoms with Gasteiger partial charge >= 0.3 is 0 Å². The summed E-state index contributed by atoms with van der Waals surface area (Å²) >= 11 is 3.36. The van der Waals surface area contributed by atoms with E-state index in [-0.39, 0.29) is 17.6 Å². The average Bonchev–Trinajstić information content (AvgIpc) is 2.69. The van der Waals surface area contributed by atoms with Crippen LogP contribution in [0, 0.1) is 11.7 Å². The van der Waals surface area contributed by atoms with Gasteiger partial charge in [0.25, 0.3) is 0 Å². The number of amides is 1. The molecule has 7 heteroatoms. The van der Waals surface area contributed by atoms with Gasteiger partial charge in [0.2, 0.25) is 11.9 Å².